The minimum Gasteiger partial charge on any atom is -0.388 e. The highest BCUT2D eigenvalue weighted by Gasteiger charge is 2.15. The molecule has 2 aromatic rings. The standard InChI is InChI=1S/C17H20N2O4S/c1-13(20)19-15-7-9-16(10-8-15)24(22,23)18-12-11-17(21)14-5-3-2-4-6-14/h2-10,17-18,21H,11-12H2,1H3,(H,19,20). The second-order valence-corrected chi connectivity index (χ2v) is 7.09. The summed E-state index contributed by atoms with van der Waals surface area (Å²) in [6, 6.07) is 15.0. The minimum atomic E-state index is -3.66. The highest BCUT2D eigenvalue weighted by atomic mass is 32.2. The summed E-state index contributed by atoms with van der Waals surface area (Å²) >= 11 is 0. The molecule has 0 heterocycles. The fourth-order valence-electron chi connectivity index (χ4n) is 2.18. The van der Waals surface area contributed by atoms with Crippen molar-refractivity contribution in [3.63, 3.8) is 0 Å². The van der Waals surface area contributed by atoms with Gasteiger partial charge in [-0.3, -0.25) is 4.79 Å². The van der Waals surface area contributed by atoms with Crippen LogP contribution in [0.5, 0.6) is 0 Å². The summed E-state index contributed by atoms with van der Waals surface area (Å²) in [6.45, 7) is 1.50. The first kappa shape index (κ1) is 18.1. The number of anilines is 1. The van der Waals surface area contributed by atoms with Gasteiger partial charge in [0.2, 0.25) is 15.9 Å². The molecule has 0 saturated heterocycles. The quantitative estimate of drug-likeness (QED) is 0.713. The summed E-state index contributed by atoms with van der Waals surface area (Å²) in [7, 11) is -3.66. The van der Waals surface area contributed by atoms with Crippen LogP contribution in [-0.2, 0) is 14.8 Å². The van der Waals surface area contributed by atoms with Crippen molar-refractivity contribution in [2.24, 2.45) is 0 Å². The zero-order chi connectivity index (χ0) is 17.6. The fourth-order valence-corrected chi connectivity index (χ4v) is 3.22. The average molecular weight is 348 g/mol. The van der Waals surface area contributed by atoms with Gasteiger partial charge in [-0.2, -0.15) is 0 Å². The summed E-state index contributed by atoms with van der Waals surface area (Å²) in [4.78, 5) is 11.1. The number of hydrogen-bond acceptors (Lipinski definition) is 4. The normalized spacial score (nSPS) is 12.6. The van der Waals surface area contributed by atoms with E-state index < -0.39 is 16.1 Å². The van der Waals surface area contributed by atoms with E-state index in [1.54, 1.807) is 12.1 Å². The van der Waals surface area contributed by atoms with Crippen molar-refractivity contribution >= 4 is 21.6 Å². The molecule has 0 fully saturated rings. The Kier molecular flexibility index (Phi) is 6.08. The molecular weight excluding hydrogens is 328 g/mol. The third-order valence-electron chi connectivity index (χ3n) is 3.38. The van der Waals surface area contributed by atoms with Gasteiger partial charge in [-0.05, 0) is 36.2 Å². The summed E-state index contributed by atoms with van der Waals surface area (Å²) in [6.07, 6.45) is -0.455. The van der Waals surface area contributed by atoms with Crippen LogP contribution in [0.3, 0.4) is 0 Å². The number of aliphatic hydroxyl groups excluding tert-OH is 1. The number of carbonyl (C=O) groups is 1. The van der Waals surface area contributed by atoms with Crippen molar-refractivity contribution < 1.29 is 18.3 Å². The smallest absolute Gasteiger partial charge is 0.240 e. The van der Waals surface area contributed by atoms with Gasteiger partial charge in [0.1, 0.15) is 0 Å². The number of hydrogen-bond donors (Lipinski definition) is 3. The van der Waals surface area contributed by atoms with E-state index in [9.17, 15) is 18.3 Å². The summed E-state index contributed by atoms with van der Waals surface area (Å²) in [5.41, 5.74) is 1.28. The minimum absolute atomic E-state index is 0.103. The first-order valence-corrected chi connectivity index (χ1v) is 8.97. The van der Waals surface area contributed by atoms with Gasteiger partial charge < -0.3 is 10.4 Å². The average Bonchev–Trinajstić information content (AvgIpc) is 2.55. The van der Waals surface area contributed by atoms with Crippen LogP contribution in [0.1, 0.15) is 25.0 Å². The second kappa shape index (κ2) is 8.05. The first-order chi connectivity index (χ1) is 11.4. The van der Waals surface area contributed by atoms with Gasteiger partial charge in [0.15, 0.2) is 0 Å². The molecule has 128 valence electrons. The summed E-state index contributed by atoms with van der Waals surface area (Å²) in [5.74, 6) is -0.223. The maximum atomic E-state index is 12.2. The van der Waals surface area contributed by atoms with Gasteiger partial charge in [-0.1, -0.05) is 30.3 Å². The van der Waals surface area contributed by atoms with Crippen molar-refractivity contribution in [1.29, 1.82) is 0 Å². The molecule has 0 radical (unpaired) electrons. The van der Waals surface area contributed by atoms with Gasteiger partial charge in [0.05, 0.1) is 11.0 Å². The van der Waals surface area contributed by atoms with Crippen molar-refractivity contribution in [2.75, 3.05) is 11.9 Å². The molecule has 1 unspecified atom stereocenters. The predicted molar refractivity (Wildman–Crippen MR) is 92.0 cm³/mol. The SMILES string of the molecule is CC(=O)Nc1ccc(S(=O)(=O)NCCC(O)c2ccccc2)cc1. The van der Waals surface area contributed by atoms with Crippen LogP contribution in [0, 0.1) is 0 Å². The molecular formula is C17H20N2O4S. The number of carbonyl (C=O) groups excluding carboxylic acids is 1. The lowest BCUT2D eigenvalue weighted by Gasteiger charge is -2.12. The van der Waals surface area contributed by atoms with Crippen molar-refractivity contribution in [1.82, 2.24) is 4.72 Å². The first-order valence-electron chi connectivity index (χ1n) is 7.49. The van der Waals surface area contributed by atoms with Crippen LogP contribution in [0.2, 0.25) is 0 Å². The maximum absolute atomic E-state index is 12.2. The van der Waals surface area contributed by atoms with E-state index in [1.807, 2.05) is 18.2 Å². The van der Waals surface area contributed by atoms with Crippen LogP contribution in [0.15, 0.2) is 59.5 Å². The maximum Gasteiger partial charge on any atom is 0.240 e. The van der Waals surface area contributed by atoms with Crippen LogP contribution in [0.25, 0.3) is 0 Å². The topological polar surface area (TPSA) is 95.5 Å². The largest absolute Gasteiger partial charge is 0.388 e. The highest BCUT2D eigenvalue weighted by Crippen LogP contribution is 2.17. The molecule has 3 N–H and O–H groups in total. The van der Waals surface area contributed by atoms with Crippen molar-refractivity contribution in [2.45, 2.75) is 24.3 Å². The Balaban J connectivity index is 1.92. The molecule has 0 aliphatic rings. The molecule has 0 aliphatic carbocycles. The molecule has 7 heteroatoms. The van der Waals surface area contributed by atoms with Crippen LogP contribution in [0.4, 0.5) is 5.69 Å². The van der Waals surface area contributed by atoms with E-state index in [-0.39, 0.29) is 23.8 Å². The Labute approximate surface area is 141 Å². The van der Waals surface area contributed by atoms with E-state index in [4.69, 9.17) is 0 Å². The van der Waals surface area contributed by atoms with Crippen LogP contribution in [-0.4, -0.2) is 26.0 Å². The van der Waals surface area contributed by atoms with Crippen LogP contribution < -0.4 is 10.0 Å². The zero-order valence-corrected chi connectivity index (χ0v) is 14.1. The third kappa shape index (κ3) is 5.16. The summed E-state index contributed by atoms with van der Waals surface area (Å²) < 4.78 is 26.9. The van der Waals surface area contributed by atoms with Gasteiger partial charge in [0.25, 0.3) is 0 Å². The van der Waals surface area contributed by atoms with Crippen molar-refractivity contribution in [3.8, 4) is 0 Å². The second-order valence-electron chi connectivity index (χ2n) is 5.32. The van der Waals surface area contributed by atoms with Gasteiger partial charge in [-0.15, -0.1) is 0 Å². The number of rotatable bonds is 7. The third-order valence-corrected chi connectivity index (χ3v) is 4.86. The Hall–Kier alpha value is -2.22. The van der Waals surface area contributed by atoms with Gasteiger partial charge >= 0.3 is 0 Å². The van der Waals surface area contributed by atoms with E-state index in [0.717, 1.165) is 5.56 Å². The molecule has 1 atom stereocenters. The fraction of sp³-hybridized carbons (Fsp3) is 0.235. The van der Waals surface area contributed by atoms with Crippen molar-refractivity contribution in [3.05, 3.63) is 60.2 Å². The van der Waals surface area contributed by atoms with Gasteiger partial charge in [-0.25, -0.2) is 13.1 Å². The molecule has 0 spiro atoms. The molecule has 24 heavy (non-hydrogen) atoms. The lowest BCUT2D eigenvalue weighted by molar-refractivity contribution is -0.114. The Morgan fingerprint density at radius 3 is 2.29 bits per heavy atom. The highest BCUT2D eigenvalue weighted by molar-refractivity contribution is 7.89. The van der Waals surface area contributed by atoms with E-state index in [0.29, 0.717) is 5.69 Å². The number of amides is 1. The molecule has 0 saturated carbocycles. The van der Waals surface area contributed by atoms with E-state index in [1.165, 1.54) is 31.2 Å². The zero-order valence-electron chi connectivity index (χ0n) is 13.3. The molecule has 1 amide bonds. The number of aliphatic hydroxyl groups is 1. The Bertz CT molecular complexity index is 774. The summed E-state index contributed by atoms with van der Waals surface area (Å²) in [5, 5.41) is 12.6. The molecule has 2 rings (SSSR count). The van der Waals surface area contributed by atoms with Gasteiger partial charge in [0, 0.05) is 19.2 Å². The molecule has 0 aromatic heterocycles. The number of benzene rings is 2. The lowest BCUT2D eigenvalue weighted by atomic mass is 10.1. The Morgan fingerprint density at radius 2 is 1.71 bits per heavy atom. The molecule has 6 nitrogen and oxygen atoms in total. The monoisotopic (exact) mass is 348 g/mol. The van der Waals surface area contributed by atoms with E-state index in [2.05, 4.69) is 10.0 Å². The van der Waals surface area contributed by atoms with E-state index >= 15 is 0 Å². The lowest BCUT2D eigenvalue weighted by Crippen LogP contribution is -2.26. The molecule has 0 bridgehead atoms. The molecule has 0 aliphatic heterocycles. The predicted octanol–water partition coefficient (Wildman–Crippen LogP) is 2.05. The molecule has 2 aromatic carbocycles. The Morgan fingerprint density at radius 1 is 1.08 bits per heavy atom. The van der Waals surface area contributed by atoms with Crippen LogP contribution >= 0.6 is 0 Å². The number of nitrogens with one attached hydrogen (secondary N) is 2. The number of sulfonamides is 1.